The second-order valence-electron chi connectivity index (χ2n) is 2.67. The third kappa shape index (κ3) is 8.56. The molecule has 0 aliphatic carbocycles. The SMILES string of the molecule is CCNC(=NCCSC)NCCSC. The fourth-order valence-electron chi connectivity index (χ4n) is 0.862. The number of rotatable bonds is 7. The molecular formula is C9H21N3S2. The first kappa shape index (κ1) is 14.0. The highest BCUT2D eigenvalue weighted by Crippen LogP contribution is 1.90. The van der Waals surface area contributed by atoms with Gasteiger partial charge in [-0.15, -0.1) is 0 Å². The molecule has 0 saturated carbocycles. The molecule has 0 aromatic carbocycles. The van der Waals surface area contributed by atoms with E-state index in [1.54, 1.807) is 0 Å². The van der Waals surface area contributed by atoms with Crippen LogP contribution >= 0.6 is 23.5 Å². The smallest absolute Gasteiger partial charge is 0.191 e. The normalized spacial score (nSPS) is 11.5. The zero-order valence-electron chi connectivity index (χ0n) is 9.30. The van der Waals surface area contributed by atoms with Crippen molar-refractivity contribution in [1.82, 2.24) is 10.6 Å². The first-order valence-electron chi connectivity index (χ1n) is 4.85. The molecule has 0 atom stereocenters. The van der Waals surface area contributed by atoms with Crippen LogP contribution in [0.2, 0.25) is 0 Å². The molecule has 0 amide bonds. The molecule has 0 aromatic rings. The van der Waals surface area contributed by atoms with Crippen molar-refractivity contribution in [2.75, 3.05) is 43.7 Å². The molecule has 0 bridgehead atoms. The molecule has 5 heteroatoms. The van der Waals surface area contributed by atoms with Gasteiger partial charge in [-0.05, 0) is 19.4 Å². The van der Waals surface area contributed by atoms with E-state index in [0.717, 1.165) is 37.1 Å². The monoisotopic (exact) mass is 235 g/mol. The van der Waals surface area contributed by atoms with Gasteiger partial charge in [-0.1, -0.05) is 0 Å². The lowest BCUT2D eigenvalue weighted by atomic mass is 10.6. The third-order valence-corrected chi connectivity index (χ3v) is 2.71. The van der Waals surface area contributed by atoms with Crippen LogP contribution in [-0.4, -0.2) is 49.6 Å². The number of guanidine groups is 1. The molecule has 3 nitrogen and oxygen atoms in total. The molecule has 0 heterocycles. The van der Waals surface area contributed by atoms with Gasteiger partial charge >= 0.3 is 0 Å². The summed E-state index contributed by atoms with van der Waals surface area (Å²) in [5, 5.41) is 6.51. The summed E-state index contributed by atoms with van der Waals surface area (Å²) in [5.74, 6) is 3.14. The highest BCUT2D eigenvalue weighted by atomic mass is 32.2. The minimum absolute atomic E-state index is 0.885. The Morgan fingerprint density at radius 1 is 1.14 bits per heavy atom. The van der Waals surface area contributed by atoms with Crippen molar-refractivity contribution in [3.05, 3.63) is 0 Å². The van der Waals surface area contributed by atoms with Crippen LogP contribution in [0.3, 0.4) is 0 Å². The van der Waals surface area contributed by atoms with E-state index in [0.29, 0.717) is 0 Å². The van der Waals surface area contributed by atoms with Gasteiger partial charge in [0.1, 0.15) is 0 Å². The van der Waals surface area contributed by atoms with E-state index in [-0.39, 0.29) is 0 Å². The molecule has 0 aliphatic rings. The van der Waals surface area contributed by atoms with Crippen molar-refractivity contribution < 1.29 is 0 Å². The van der Waals surface area contributed by atoms with Crippen molar-refractivity contribution in [2.45, 2.75) is 6.92 Å². The van der Waals surface area contributed by atoms with Gasteiger partial charge in [-0.3, -0.25) is 4.99 Å². The molecule has 0 spiro atoms. The maximum absolute atomic E-state index is 4.44. The van der Waals surface area contributed by atoms with E-state index >= 15 is 0 Å². The molecule has 0 unspecified atom stereocenters. The lowest BCUT2D eigenvalue weighted by Gasteiger charge is -2.10. The number of thioether (sulfide) groups is 2. The molecule has 2 N–H and O–H groups in total. The van der Waals surface area contributed by atoms with Gasteiger partial charge in [0.05, 0.1) is 6.54 Å². The van der Waals surface area contributed by atoms with Gasteiger partial charge < -0.3 is 10.6 Å². The minimum atomic E-state index is 0.885. The highest BCUT2D eigenvalue weighted by molar-refractivity contribution is 7.98. The molecule has 0 saturated heterocycles. The summed E-state index contributed by atoms with van der Waals surface area (Å²) in [6, 6.07) is 0. The molecule has 0 rings (SSSR count). The number of nitrogens with one attached hydrogen (secondary N) is 2. The Bertz CT molecular complexity index is 151. The fraction of sp³-hybridized carbons (Fsp3) is 0.889. The summed E-state index contributed by atoms with van der Waals surface area (Å²) in [4.78, 5) is 4.44. The summed E-state index contributed by atoms with van der Waals surface area (Å²) in [6.07, 6.45) is 4.21. The molecule has 0 aliphatic heterocycles. The number of nitrogens with zero attached hydrogens (tertiary/aromatic N) is 1. The van der Waals surface area contributed by atoms with E-state index in [2.05, 4.69) is 35.1 Å². The maximum Gasteiger partial charge on any atom is 0.191 e. The van der Waals surface area contributed by atoms with Gasteiger partial charge in [0.2, 0.25) is 0 Å². The molecule has 0 radical (unpaired) electrons. The van der Waals surface area contributed by atoms with Gasteiger partial charge in [0, 0.05) is 24.6 Å². The molecular weight excluding hydrogens is 214 g/mol. The van der Waals surface area contributed by atoms with E-state index in [1.165, 1.54) is 0 Å². The Balaban J connectivity index is 3.69. The van der Waals surface area contributed by atoms with Crippen molar-refractivity contribution in [2.24, 2.45) is 4.99 Å². The second-order valence-corrected chi connectivity index (χ2v) is 4.64. The zero-order valence-corrected chi connectivity index (χ0v) is 10.9. The quantitative estimate of drug-likeness (QED) is 0.396. The summed E-state index contributed by atoms with van der Waals surface area (Å²) < 4.78 is 0. The van der Waals surface area contributed by atoms with Crippen LogP contribution in [0.1, 0.15) is 6.92 Å². The first-order chi connectivity index (χ1) is 6.85. The second kappa shape index (κ2) is 11.0. The Kier molecular flexibility index (Phi) is 11.0. The summed E-state index contributed by atoms with van der Waals surface area (Å²) in [7, 11) is 0. The number of aliphatic imine (C=N–C) groups is 1. The Morgan fingerprint density at radius 2 is 1.86 bits per heavy atom. The summed E-state index contributed by atoms with van der Waals surface area (Å²) >= 11 is 3.66. The minimum Gasteiger partial charge on any atom is -0.357 e. The fourth-order valence-corrected chi connectivity index (χ4v) is 1.44. The van der Waals surface area contributed by atoms with Gasteiger partial charge in [-0.2, -0.15) is 23.5 Å². The van der Waals surface area contributed by atoms with Gasteiger partial charge in [0.15, 0.2) is 5.96 Å². The third-order valence-electron chi connectivity index (χ3n) is 1.51. The molecule has 0 aromatic heterocycles. The van der Waals surface area contributed by atoms with Gasteiger partial charge in [0.25, 0.3) is 0 Å². The maximum atomic E-state index is 4.44. The van der Waals surface area contributed by atoms with E-state index < -0.39 is 0 Å². The van der Waals surface area contributed by atoms with Crippen LogP contribution in [-0.2, 0) is 0 Å². The molecule has 14 heavy (non-hydrogen) atoms. The van der Waals surface area contributed by atoms with E-state index in [4.69, 9.17) is 0 Å². The predicted molar refractivity (Wildman–Crippen MR) is 70.7 cm³/mol. The van der Waals surface area contributed by atoms with E-state index in [9.17, 15) is 0 Å². The Hall–Kier alpha value is -0.0300. The predicted octanol–water partition coefficient (Wildman–Crippen LogP) is 1.27. The average molecular weight is 235 g/mol. The lowest BCUT2D eigenvalue weighted by Crippen LogP contribution is -2.38. The number of hydrogen-bond donors (Lipinski definition) is 2. The largest absolute Gasteiger partial charge is 0.357 e. The molecule has 84 valence electrons. The Morgan fingerprint density at radius 3 is 2.43 bits per heavy atom. The Labute approximate surface area is 95.9 Å². The highest BCUT2D eigenvalue weighted by Gasteiger charge is 1.94. The van der Waals surface area contributed by atoms with Crippen LogP contribution < -0.4 is 10.6 Å². The standard InChI is InChI=1S/C9H21N3S2/c1-4-10-9(11-5-7-13-2)12-6-8-14-3/h4-8H2,1-3H3,(H2,10,11,12). The topological polar surface area (TPSA) is 36.4 Å². The summed E-state index contributed by atoms with van der Waals surface area (Å²) in [6.45, 7) is 4.87. The van der Waals surface area contributed by atoms with Crippen molar-refractivity contribution in [1.29, 1.82) is 0 Å². The van der Waals surface area contributed by atoms with Crippen LogP contribution in [0.15, 0.2) is 4.99 Å². The number of hydrogen-bond acceptors (Lipinski definition) is 3. The van der Waals surface area contributed by atoms with Crippen LogP contribution in [0.4, 0.5) is 0 Å². The van der Waals surface area contributed by atoms with Crippen LogP contribution in [0.5, 0.6) is 0 Å². The van der Waals surface area contributed by atoms with Crippen molar-refractivity contribution >= 4 is 29.5 Å². The first-order valence-corrected chi connectivity index (χ1v) is 7.64. The lowest BCUT2D eigenvalue weighted by molar-refractivity contribution is 0.850. The zero-order chi connectivity index (χ0) is 10.6. The van der Waals surface area contributed by atoms with Crippen LogP contribution in [0.25, 0.3) is 0 Å². The van der Waals surface area contributed by atoms with Crippen molar-refractivity contribution in [3.8, 4) is 0 Å². The van der Waals surface area contributed by atoms with Crippen molar-refractivity contribution in [3.63, 3.8) is 0 Å². The molecule has 0 fully saturated rings. The average Bonchev–Trinajstić information content (AvgIpc) is 2.18. The van der Waals surface area contributed by atoms with Gasteiger partial charge in [-0.25, -0.2) is 0 Å². The van der Waals surface area contributed by atoms with E-state index in [1.807, 2.05) is 23.5 Å². The summed E-state index contributed by atoms with van der Waals surface area (Å²) in [5.41, 5.74) is 0. The van der Waals surface area contributed by atoms with Crippen LogP contribution in [0, 0.1) is 0 Å².